The van der Waals surface area contributed by atoms with E-state index in [-0.39, 0.29) is 11.6 Å². The summed E-state index contributed by atoms with van der Waals surface area (Å²) in [6, 6.07) is 11.7. The van der Waals surface area contributed by atoms with Gasteiger partial charge in [-0.15, -0.1) is 11.3 Å². The van der Waals surface area contributed by atoms with Crippen LogP contribution in [0.5, 0.6) is 0 Å². The molecular formula is C17H10ClN3O3S2. The van der Waals surface area contributed by atoms with Gasteiger partial charge in [0.15, 0.2) is 4.80 Å². The van der Waals surface area contributed by atoms with Gasteiger partial charge in [0.1, 0.15) is 0 Å². The van der Waals surface area contributed by atoms with E-state index in [2.05, 4.69) is 4.99 Å². The Morgan fingerprint density at radius 2 is 1.96 bits per heavy atom. The van der Waals surface area contributed by atoms with Crippen LogP contribution in [-0.4, -0.2) is 15.4 Å². The van der Waals surface area contributed by atoms with Gasteiger partial charge in [-0.2, -0.15) is 4.99 Å². The van der Waals surface area contributed by atoms with Crippen LogP contribution in [-0.2, 0) is 7.05 Å². The van der Waals surface area contributed by atoms with E-state index >= 15 is 0 Å². The minimum Gasteiger partial charge on any atom is -0.319 e. The number of carbonyl (C=O) groups is 1. The highest BCUT2D eigenvalue weighted by molar-refractivity contribution is 7.21. The van der Waals surface area contributed by atoms with Crippen molar-refractivity contribution in [3.63, 3.8) is 0 Å². The number of nitro benzene ring substituents is 1. The maximum absolute atomic E-state index is 12.6. The monoisotopic (exact) mass is 403 g/mol. The Morgan fingerprint density at radius 3 is 2.73 bits per heavy atom. The summed E-state index contributed by atoms with van der Waals surface area (Å²) >= 11 is 8.66. The van der Waals surface area contributed by atoms with Gasteiger partial charge >= 0.3 is 0 Å². The lowest BCUT2D eigenvalue weighted by molar-refractivity contribution is -0.384. The van der Waals surface area contributed by atoms with Crippen molar-refractivity contribution in [2.75, 3.05) is 0 Å². The molecular weight excluding hydrogens is 394 g/mol. The van der Waals surface area contributed by atoms with Crippen molar-refractivity contribution in [2.24, 2.45) is 12.0 Å². The average Bonchev–Trinajstić information content (AvgIpc) is 3.15. The molecule has 0 N–H and O–H groups in total. The fourth-order valence-electron chi connectivity index (χ4n) is 2.61. The highest BCUT2D eigenvalue weighted by Gasteiger charge is 2.13. The van der Waals surface area contributed by atoms with Gasteiger partial charge in [-0.1, -0.05) is 22.9 Å². The predicted octanol–water partition coefficient (Wildman–Crippen LogP) is 4.76. The van der Waals surface area contributed by atoms with E-state index in [0.717, 1.165) is 14.9 Å². The van der Waals surface area contributed by atoms with Crippen molar-refractivity contribution in [3.05, 3.63) is 67.3 Å². The largest absolute Gasteiger partial charge is 0.319 e. The Labute approximate surface area is 159 Å². The minimum absolute atomic E-state index is 0.000905. The Kier molecular flexibility index (Phi) is 4.10. The van der Waals surface area contributed by atoms with Crippen LogP contribution in [0.25, 0.3) is 20.3 Å². The first-order valence-corrected chi connectivity index (χ1v) is 9.45. The lowest BCUT2D eigenvalue weighted by atomic mass is 10.2. The average molecular weight is 404 g/mol. The molecule has 0 aliphatic heterocycles. The summed E-state index contributed by atoms with van der Waals surface area (Å²) in [6.45, 7) is 0. The zero-order valence-electron chi connectivity index (χ0n) is 13.3. The molecule has 130 valence electrons. The molecule has 0 fully saturated rings. The van der Waals surface area contributed by atoms with Gasteiger partial charge < -0.3 is 4.57 Å². The molecule has 0 aliphatic carbocycles. The van der Waals surface area contributed by atoms with E-state index in [0.29, 0.717) is 20.1 Å². The Hall–Kier alpha value is -2.55. The van der Waals surface area contributed by atoms with Crippen LogP contribution in [0.3, 0.4) is 0 Å². The van der Waals surface area contributed by atoms with Gasteiger partial charge in [-0.3, -0.25) is 14.9 Å². The molecule has 4 aromatic rings. The number of aryl methyl sites for hydroxylation is 1. The van der Waals surface area contributed by atoms with Crippen molar-refractivity contribution in [1.82, 2.24) is 4.57 Å². The zero-order chi connectivity index (χ0) is 18.4. The highest BCUT2D eigenvalue weighted by atomic mass is 35.5. The lowest BCUT2D eigenvalue weighted by Gasteiger charge is -1.94. The Bertz CT molecular complexity index is 1270. The second-order valence-electron chi connectivity index (χ2n) is 5.56. The molecule has 0 radical (unpaired) electrons. The molecule has 6 nitrogen and oxygen atoms in total. The molecule has 0 saturated heterocycles. The van der Waals surface area contributed by atoms with Crippen LogP contribution in [0.2, 0.25) is 5.02 Å². The maximum Gasteiger partial charge on any atom is 0.289 e. The summed E-state index contributed by atoms with van der Waals surface area (Å²) in [4.78, 5) is 28.2. The predicted molar refractivity (Wildman–Crippen MR) is 104 cm³/mol. The molecule has 26 heavy (non-hydrogen) atoms. The molecule has 9 heteroatoms. The standard InChI is InChI=1S/C17H10ClN3O3S2/c1-20-12-4-2-10(18)8-14(12)26-17(20)19-16(22)15-7-9-6-11(21(23)24)3-5-13(9)25-15/h2-8H,1H3. The SMILES string of the molecule is Cn1c(=NC(=O)c2cc3cc([N+](=O)[O-])ccc3s2)sc2cc(Cl)ccc21. The molecule has 1 amide bonds. The second-order valence-corrected chi connectivity index (χ2v) is 8.09. The number of halogens is 1. The van der Waals surface area contributed by atoms with E-state index < -0.39 is 4.92 Å². The van der Waals surface area contributed by atoms with Gasteiger partial charge in [-0.25, -0.2) is 0 Å². The van der Waals surface area contributed by atoms with Crippen LogP contribution in [0, 0.1) is 10.1 Å². The quantitative estimate of drug-likeness (QED) is 0.357. The first kappa shape index (κ1) is 16.9. The molecule has 0 saturated carbocycles. The van der Waals surface area contributed by atoms with Gasteiger partial charge in [-0.05, 0) is 30.3 Å². The van der Waals surface area contributed by atoms with Gasteiger partial charge in [0, 0.05) is 34.3 Å². The first-order chi connectivity index (χ1) is 12.4. The number of benzene rings is 2. The van der Waals surface area contributed by atoms with E-state index in [1.165, 1.54) is 34.8 Å². The number of hydrogen-bond donors (Lipinski definition) is 0. The van der Waals surface area contributed by atoms with Crippen LogP contribution in [0.15, 0.2) is 47.5 Å². The number of thiophene rings is 1. The third-order valence-corrected chi connectivity index (χ3v) is 6.32. The number of non-ortho nitro benzene ring substituents is 1. The molecule has 0 spiro atoms. The number of nitrogens with zero attached hydrogens (tertiary/aromatic N) is 3. The number of fused-ring (bicyclic) bond motifs is 2. The van der Waals surface area contributed by atoms with Crippen LogP contribution in [0.1, 0.15) is 9.67 Å². The smallest absolute Gasteiger partial charge is 0.289 e. The molecule has 0 atom stereocenters. The fourth-order valence-corrected chi connectivity index (χ4v) is 4.83. The minimum atomic E-state index is -0.453. The third kappa shape index (κ3) is 2.92. The number of rotatable bonds is 2. The fraction of sp³-hybridized carbons (Fsp3) is 0.0588. The van der Waals surface area contributed by atoms with Crippen LogP contribution < -0.4 is 4.80 Å². The second kappa shape index (κ2) is 6.31. The molecule has 2 aromatic carbocycles. The van der Waals surface area contributed by atoms with E-state index in [4.69, 9.17) is 11.6 Å². The molecule has 4 rings (SSSR count). The number of thiazole rings is 1. The Balaban J connectivity index is 1.78. The van der Waals surface area contributed by atoms with E-state index in [1.807, 2.05) is 23.7 Å². The van der Waals surface area contributed by atoms with Crippen LogP contribution in [0.4, 0.5) is 5.69 Å². The van der Waals surface area contributed by atoms with Crippen molar-refractivity contribution in [1.29, 1.82) is 0 Å². The number of aromatic nitrogens is 1. The molecule has 0 aliphatic rings. The molecule has 2 aromatic heterocycles. The number of amides is 1. The van der Waals surface area contributed by atoms with Gasteiger partial charge in [0.2, 0.25) is 0 Å². The summed E-state index contributed by atoms with van der Waals surface area (Å²) < 4.78 is 3.59. The third-order valence-electron chi connectivity index (χ3n) is 3.89. The summed E-state index contributed by atoms with van der Waals surface area (Å²) in [6.07, 6.45) is 0. The normalized spacial score (nSPS) is 12.2. The van der Waals surface area contributed by atoms with Gasteiger partial charge in [0.05, 0.1) is 20.0 Å². The van der Waals surface area contributed by atoms with Crippen molar-refractivity contribution >= 4 is 66.2 Å². The summed E-state index contributed by atoms with van der Waals surface area (Å²) in [7, 11) is 1.84. The maximum atomic E-state index is 12.6. The van der Waals surface area contributed by atoms with Crippen molar-refractivity contribution < 1.29 is 9.72 Å². The Morgan fingerprint density at radius 1 is 1.15 bits per heavy atom. The van der Waals surface area contributed by atoms with Crippen molar-refractivity contribution in [3.8, 4) is 0 Å². The summed E-state index contributed by atoms with van der Waals surface area (Å²) in [5, 5.41) is 12.2. The van der Waals surface area contributed by atoms with Gasteiger partial charge in [0.25, 0.3) is 11.6 Å². The topological polar surface area (TPSA) is 77.5 Å². The highest BCUT2D eigenvalue weighted by Crippen LogP contribution is 2.29. The van der Waals surface area contributed by atoms with Crippen molar-refractivity contribution in [2.45, 2.75) is 0 Å². The summed E-state index contributed by atoms with van der Waals surface area (Å²) in [5.74, 6) is -0.373. The molecule has 2 heterocycles. The van der Waals surface area contributed by atoms with E-state index in [9.17, 15) is 14.9 Å². The number of nitro groups is 1. The van der Waals surface area contributed by atoms with Crippen LogP contribution >= 0.6 is 34.3 Å². The summed E-state index contributed by atoms with van der Waals surface area (Å²) in [5.41, 5.74) is 0.942. The number of carbonyl (C=O) groups excluding carboxylic acids is 1. The first-order valence-electron chi connectivity index (χ1n) is 7.44. The zero-order valence-corrected chi connectivity index (χ0v) is 15.7. The molecule has 0 bridgehead atoms. The molecule has 0 unspecified atom stereocenters. The van der Waals surface area contributed by atoms with E-state index in [1.54, 1.807) is 18.2 Å². The lowest BCUT2D eigenvalue weighted by Crippen LogP contribution is -2.12. The number of hydrogen-bond acceptors (Lipinski definition) is 5.